The standard InChI is InChI=1S/C21H23N3O3/c1-14(25)24-13-16(15-6-3-2-4-7-15)17-12-23(11-9-18(17)24)21(27)20-19(26)8-5-10-22-20/h2-8,10,16-18,26H,9,11-13H2,1H3/t16-,17-,18-/m1/s1. The van der Waals surface area contributed by atoms with Crippen LogP contribution in [0.4, 0.5) is 0 Å². The molecule has 0 spiro atoms. The maximum atomic E-state index is 12.9. The molecule has 2 amide bonds. The second-order valence-electron chi connectivity index (χ2n) is 7.33. The highest BCUT2D eigenvalue weighted by Gasteiger charge is 2.47. The number of carbonyl (C=O) groups excluding carboxylic acids is 2. The van der Waals surface area contributed by atoms with Crippen LogP contribution in [0.15, 0.2) is 48.7 Å². The molecule has 0 bridgehead atoms. The number of fused-ring (bicyclic) bond motifs is 1. The van der Waals surface area contributed by atoms with Gasteiger partial charge in [-0.15, -0.1) is 0 Å². The van der Waals surface area contributed by atoms with Crippen LogP contribution in [0.2, 0.25) is 0 Å². The third kappa shape index (κ3) is 3.16. The molecular formula is C21H23N3O3. The number of amides is 2. The molecule has 27 heavy (non-hydrogen) atoms. The number of piperidine rings is 1. The number of aromatic hydroxyl groups is 1. The zero-order valence-electron chi connectivity index (χ0n) is 15.3. The molecule has 0 unspecified atom stereocenters. The number of rotatable bonds is 2. The predicted octanol–water partition coefficient (Wildman–Crippen LogP) is 2.26. The van der Waals surface area contributed by atoms with E-state index in [0.29, 0.717) is 19.6 Å². The Kier molecular flexibility index (Phi) is 4.56. The lowest BCUT2D eigenvalue weighted by molar-refractivity contribution is -0.130. The lowest BCUT2D eigenvalue weighted by atomic mass is 9.81. The molecule has 2 fully saturated rings. The smallest absolute Gasteiger partial charge is 0.276 e. The zero-order valence-corrected chi connectivity index (χ0v) is 15.3. The van der Waals surface area contributed by atoms with Crippen LogP contribution in [0, 0.1) is 5.92 Å². The van der Waals surface area contributed by atoms with Crippen molar-refractivity contribution in [2.75, 3.05) is 19.6 Å². The van der Waals surface area contributed by atoms with E-state index in [4.69, 9.17) is 0 Å². The van der Waals surface area contributed by atoms with Crippen molar-refractivity contribution in [3.8, 4) is 5.75 Å². The number of likely N-dealkylation sites (tertiary alicyclic amines) is 2. The number of hydrogen-bond acceptors (Lipinski definition) is 4. The molecule has 0 radical (unpaired) electrons. The first kappa shape index (κ1) is 17.5. The number of nitrogens with zero attached hydrogens (tertiary/aromatic N) is 3. The Labute approximate surface area is 158 Å². The Hall–Kier alpha value is -2.89. The van der Waals surface area contributed by atoms with Crippen molar-refractivity contribution in [3.63, 3.8) is 0 Å². The van der Waals surface area contributed by atoms with Crippen molar-refractivity contribution in [1.82, 2.24) is 14.8 Å². The summed E-state index contributed by atoms with van der Waals surface area (Å²) in [6, 6.07) is 13.4. The quantitative estimate of drug-likeness (QED) is 0.886. The molecule has 2 aliphatic heterocycles. The normalized spacial score (nSPS) is 24.6. The summed E-state index contributed by atoms with van der Waals surface area (Å²) < 4.78 is 0. The van der Waals surface area contributed by atoms with Gasteiger partial charge in [0.05, 0.1) is 0 Å². The average Bonchev–Trinajstić information content (AvgIpc) is 3.07. The largest absolute Gasteiger partial charge is 0.505 e. The Morgan fingerprint density at radius 2 is 1.89 bits per heavy atom. The van der Waals surface area contributed by atoms with Gasteiger partial charge in [-0.05, 0) is 24.1 Å². The van der Waals surface area contributed by atoms with E-state index in [1.807, 2.05) is 23.1 Å². The van der Waals surface area contributed by atoms with Gasteiger partial charge < -0.3 is 14.9 Å². The molecule has 0 aliphatic carbocycles. The first-order valence-corrected chi connectivity index (χ1v) is 9.31. The fraction of sp³-hybridized carbons (Fsp3) is 0.381. The summed E-state index contributed by atoms with van der Waals surface area (Å²) in [4.78, 5) is 32.8. The Morgan fingerprint density at radius 3 is 2.59 bits per heavy atom. The van der Waals surface area contributed by atoms with Crippen molar-refractivity contribution in [1.29, 1.82) is 0 Å². The third-order valence-electron chi connectivity index (χ3n) is 5.84. The van der Waals surface area contributed by atoms with Crippen LogP contribution in [0.5, 0.6) is 5.75 Å². The topological polar surface area (TPSA) is 73.7 Å². The summed E-state index contributed by atoms with van der Waals surface area (Å²) in [6.45, 7) is 3.42. The maximum absolute atomic E-state index is 12.9. The van der Waals surface area contributed by atoms with Gasteiger partial charge in [0, 0.05) is 50.6 Å². The number of carbonyl (C=O) groups is 2. The molecule has 1 aromatic carbocycles. The van der Waals surface area contributed by atoms with E-state index in [1.165, 1.54) is 17.8 Å². The molecular weight excluding hydrogens is 342 g/mol. The number of hydrogen-bond donors (Lipinski definition) is 1. The van der Waals surface area contributed by atoms with Crippen molar-refractivity contribution >= 4 is 11.8 Å². The summed E-state index contributed by atoms with van der Waals surface area (Å²) in [6.07, 6.45) is 2.26. The fourth-order valence-corrected chi connectivity index (χ4v) is 4.55. The van der Waals surface area contributed by atoms with Crippen LogP contribution in [0.1, 0.15) is 35.3 Å². The Bertz CT molecular complexity index is 855. The third-order valence-corrected chi connectivity index (χ3v) is 5.84. The molecule has 2 aliphatic rings. The minimum absolute atomic E-state index is 0.0885. The van der Waals surface area contributed by atoms with Gasteiger partial charge in [0.15, 0.2) is 5.69 Å². The van der Waals surface area contributed by atoms with Gasteiger partial charge >= 0.3 is 0 Å². The zero-order chi connectivity index (χ0) is 19.0. The van der Waals surface area contributed by atoms with Crippen molar-refractivity contribution in [2.45, 2.75) is 25.3 Å². The van der Waals surface area contributed by atoms with Crippen LogP contribution < -0.4 is 0 Å². The van der Waals surface area contributed by atoms with Crippen LogP contribution >= 0.6 is 0 Å². The van der Waals surface area contributed by atoms with E-state index in [9.17, 15) is 14.7 Å². The van der Waals surface area contributed by atoms with Gasteiger partial charge in [0.25, 0.3) is 5.91 Å². The molecule has 1 N–H and O–H groups in total. The van der Waals surface area contributed by atoms with Gasteiger partial charge in [-0.2, -0.15) is 0 Å². The van der Waals surface area contributed by atoms with E-state index in [1.54, 1.807) is 17.9 Å². The highest BCUT2D eigenvalue weighted by atomic mass is 16.3. The lowest BCUT2D eigenvalue weighted by Crippen LogP contribution is -2.49. The first-order valence-electron chi connectivity index (χ1n) is 9.31. The second kappa shape index (κ2) is 7.02. The second-order valence-corrected chi connectivity index (χ2v) is 7.33. The average molecular weight is 365 g/mol. The first-order chi connectivity index (χ1) is 13.1. The SMILES string of the molecule is CC(=O)N1C[C@H](c2ccccc2)[C@H]2CN(C(=O)c3ncccc3O)CC[C@H]21. The van der Waals surface area contributed by atoms with Crippen molar-refractivity contribution in [2.24, 2.45) is 5.92 Å². The minimum atomic E-state index is -0.250. The fourth-order valence-electron chi connectivity index (χ4n) is 4.55. The Morgan fingerprint density at radius 1 is 1.11 bits per heavy atom. The molecule has 4 rings (SSSR count). The van der Waals surface area contributed by atoms with Gasteiger partial charge in [-0.1, -0.05) is 30.3 Å². The summed E-state index contributed by atoms with van der Waals surface area (Å²) >= 11 is 0. The van der Waals surface area contributed by atoms with E-state index in [-0.39, 0.29) is 41.1 Å². The molecule has 3 atom stereocenters. The highest BCUT2D eigenvalue weighted by Crippen LogP contribution is 2.41. The van der Waals surface area contributed by atoms with Crippen LogP contribution in [0.3, 0.4) is 0 Å². The summed E-state index contributed by atoms with van der Waals surface area (Å²) in [7, 11) is 0. The predicted molar refractivity (Wildman–Crippen MR) is 100 cm³/mol. The molecule has 3 heterocycles. The van der Waals surface area contributed by atoms with Gasteiger partial charge in [0.1, 0.15) is 5.75 Å². The molecule has 1 aromatic heterocycles. The molecule has 2 aromatic rings. The number of benzene rings is 1. The summed E-state index contributed by atoms with van der Waals surface area (Å²) in [5, 5.41) is 9.98. The molecule has 2 saturated heterocycles. The van der Waals surface area contributed by atoms with E-state index >= 15 is 0 Å². The van der Waals surface area contributed by atoms with Gasteiger partial charge in [-0.3, -0.25) is 9.59 Å². The van der Waals surface area contributed by atoms with E-state index in [0.717, 1.165) is 6.42 Å². The molecule has 140 valence electrons. The van der Waals surface area contributed by atoms with Crippen molar-refractivity contribution < 1.29 is 14.7 Å². The molecule has 6 heteroatoms. The van der Waals surface area contributed by atoms with Crippen LogP contribution in [-0.4, -0.2) is 57.4 Å². The number of aromatic nitrogens is 1. The van der Waals surface area contributed by atoms with E-state index in [2.05, 4.69) is 17.1 Å². The molecule has 0 saturated carbocycles. The van der Waals surface area contributed by atoms with Crippen LogP contribution in [-0.2, 0) is 4.79 Å². The van der Waals surface area contributed by atoms with Crippen molar-refractivity contribution in [3.05, 3.63) is 59.9 Å². The summed E-state index contributed by atoms with van der Waals surface area (Å²) in [5.74, 6) is 0.124. The van der Waals surface area contributed by atoms with Gasteiger partial charge in [-0.25, -0.2) is 4.98 Å². The lowest BCUT2D eigenvalue weighted by Gasteiger charge is -2.38. The van der Waals surface area contributed by atoms with Gasteiger partial charge in [0.2, 0.25) is 5.91 Å². The number of pyridine rings is 1. The summed E-state index contributed by atoms with van der Waals surface area (Å²) in [5.41, 5.74) is 1.29. The minimum Gasteiger partial charge on any atom is -0.505 e. The highest BCUT2D eigenvalue weighted by molar-refractivity contribution is 5.94. The Balaban J connectivity index is 1.61. The maximum Gasteiger partial charge on any atom is 0.276 e. The van der Waals surface area contributed by atoms with Crippen LogP contribution in [0.25, 0.3) is 0 Å². The molecule has 6 nitrogen and oxygen atoms in total. The van der Waals surface area contributed by atoms with E-state index < -0.39 is 0 Å². The monoisotopic (exact) mass is 365 g/mol.